The van der Waals surface area contributed by atoms with Crippen molar-refractivity contribution in [3.63, 3.8) is 0 Å². The van der Waals surface area contributed by atoms with Crippen molar-refractivity contribution in [1.29, 1.82) is 0 Å². The Morgan fingerprint density at radius 1 is 1.26 bits per heavy atom. The van der Waals surface area contributed by atoms with E-state index in [1.807, 2.05) is 47.2 Å². The fourth-order valence-electron chi connectivity index (χ4n) is 2.38. The van der Waals surface area contributed by atoms with Crippen LogP contribution in [0, 0.1) is 0 Å². The molecule has 136 valence electrons. The fourth-order valence-corrected chi connectivity index (χ4v) is 3.01. The van der Waals surface area contributed by atoms with Gasteiger partial charge in [0.1, 0.15) is 0 Å². The van der Waals surface area contributed by atoms with Crippen molar-refractivity contribution in [3.8, 4) is 22.8 Å². The molecule has 8 nitrogen and oxygen atoms in total. The van der Waals surface area contributed by atoms with E-state index in [9.17, 15) is 4.79 Å². The Kier molecular flexibility index (Phi) is 4.67. The summed E-state index contributed by atoms with van der Waals surface area (Å²) in [5.41, 5.74) is 1.72. The number of nitrogens with zero attached hydrogens (tertiary/aromatic N) is 4. The van der Waals surface area contributed by atoms with E-state index < -0.39 is 5.97 Å². The van der Waals surface area contributed by atoms with Crippen molar-refractivity contribution >= 4 is 17.3 Å². The summed E-state index contributed by atoms with van der Waals surface area (Å²) in [6.45, 7) is -0.155. The normalized spacial score (nSPS) is 10.7. The van der Waals surface area contributed by atoms with Gasteiger partial charge in [0, 0.05) is 10.9 Å². The third kappa shape index (κ3) is 3.58. The summed E-state index contributed by atoms with van der Waals surface area (Å²) >= 11 is 1.53. The molecule has 1 aromatic carbocycles. The van der Waals surface area contributed by atoms with E-state index in [1.54, 1.807) is 10.9 Å². The minimum Gasteiger partial charge on any atom is -0.493 e. The molecule has 0 amide bonds. The van der Waals surface area contributed by atoms with Crippen molar-refractivity contribution in [2.75, 3.05) is 7.11 Å². The van der Waals surface area contributed by atoms with Gasteiger partial charge in [0.05, 0.1) is 19.0 Å². The number of carbonyl (C=O) groups is 1. The first-order valence-electron chi connectivity index (χ1n) is 7.96. The molecule has 0 fully saturated rings. The maximum Gasteiger partial charge on any atom is 0.363 e. The van der Waals surface area contributed by atoms with Crippen LogP contribution >= 0.6 is 11.3 Å². The maximum atomic E-state index is 12.4. The lowest BCUT2D eigenvalue weighted by atomic mass is 10.3. The minimum absolute atomic E-state index is 0.0685. The van der Waals surface area contributed by atoms with Crippen LogP contribution in [0.15, 0.2) is 57.9 Å². The molecule has 0 atom stereocenters. The Hall–Kier alpha value is -3.46. The summed E-state index contributed by atoms with van der Waals surface area (Å²) in [5.74, 6) is 0.324. The highest BCUT2D eigenvalue weighted by Crippen LogP contribution is 2.22. The summed E-state index contributed by atoms with van der Waals surface area (Å²) in [4.78, 5) is 16.6. The zero-order valence-electron chi connectivity index (χ0n) is 14.2. The van der Waals surface area contributed by atoms with Gasteiger partial charge in [0.15, 0.2) is 12.4 Å². The van der Waals surface area contributed by atoms with E-state index in [0.29, 0.717) is 11.6 Å². The summed E-state index contributed by atoms with van der Waals surface area (Å²) < 4.78 is 17.2. The van der Waals surface area contributed by atoms with Crippen LogP contribution in [-0.4, -0.2) is 33.0 Å². The Labute approximate surface area is 158 Å². The van der Waals surface area contributed by atoms with Crippen molar-refractivity contribution in [2.24, 2.45) is 0 Å². The first kappa shape index (κ1) is 17.0. The van der Waals surface area contributed by atoms with Gasteiger partial charge in [-0.3, -0.25) is 0 Å². The number of thiophene rings is 1. The van der Waals surface area contributed by atoms with Gasteiger partial charge in [-0.25, -0.2) is 9.48 Å². The number of para-hydroxylation sites is 1. The molecule has 0 spiro atoms. The van der Waals surface area contributed by atoms with E-state index in [0.717, 1.165) is 11.3 Å². The minimum atomic E-state index is -0.642. The molecular formula is C18H14N4O4S. The summed E-state index contributed by atoms with van der Waals surface area (Å²) in [6.07, 6.45) is 1.62. The lowest BCUT2D eigenvalue weighted by Gasteiger charge is -2.01. The van der Waals surface area contributed by atoms with E-state index in [1.165, 1.54) is 18.4 Å². The largest absolute Gasteiger partial charge is 0.493 e. The molecule has 0 bridgehead atoms. The summed E-state index contributed by atoms with van der Waals surface area (Å²) in [7, 11) is 1.47. The van der Waals surface area contributed by atoms with Crippen LogP contribution in [0.1, 0.15) is 16.4 Å². The van der Waals surface area contributed by atoms with Gasteiger partial charge >= 0.3 is 5.97 Å². The third-order valence-electron chi connectivity index (χ3n) is 3.69. The molecule has 0 radical (unpaired) electrons. The van der Waals surface area contributed by atoms with Crippen LogP contribution in [-0.2, 0) is 11.3 Å². The first-order chi connectivity index (χ1) is 13.2. The van der Waals surface area contributed by atoms with Crippen molar-refractivity contribution in [1.82, 2.24) is 19.9 Å². The second-order valence-corrected chi connectivity index (χ2v) is 6.21. The number of benzene rings is 1. The molecule has 0 N–H and O–H groups in total. The quantitative estimate of drug-likeness (QED) is 0.472. The molecule has 27 heavy (non-hydrogen) atoms. The molecule has 0 aliphatic heterocycles. The Morgan fingerprint density at radius 3 is 2.85 bits per heavy atom. The highest BCUT2D eigenvalue weighted by Gasteiger charge is 2.21. The highest BCUT2D eigenvalue weighted by molar-refractivity contribution is 7.08. The Bertz CT molecular complexity index is 1040. The molecule has 4 aromatic rings. The van der Waals surface area contributed by atoms with Crippen LogP contribution < -0.4 is 4.74 Å². The zero-order chi connectivity index (χ0) is 18.6. The third-order valence-corrected chi connectivity index (χ3v) is 4.37. The van der Waals surface area contributed by atoms with Gasteiger partial charge in [-0.1, -0.05) is 23.4 Å². The highest BCUT2D eigenvalue weighted by atomic mass is 32.1. The first-order valence-corrected chi connectivity index (χ1v) is 8.90. The smallest absolute Gasteiger partial charge is 0.363 e. The van der Waals surface area contributed by atoms with Crippen LogP contribution in [0.4, 0.5) is 0 Å². The lowest BCUT2D eigenvalue weighted by molar-refractivity contribution is 0.0419. The number of carbonyl (C=O) groups excluding carboxylic acids is 1. The molecule has 0 saturated heterocycles. The molecule has 3 heterocycles. The standard InChI is InChI=1S/C18H14N4O4S/c1-24-14-9-22(13-5-3-2-4-6-13)20-16(14)18(23)25-10-15-19-17(21-26-15)12-7-8-27-11-12/h2-9,11H,10H2,1H3. The van der Waals surface area contributed by atoms with Gasteiger partial charge in [-0.2, -0.15) is 21.4 Å². The monoisotopic (exact) mass is 382 g/mol. The number of hydrogen-bond acceptors (Lipinski definition) is 8. The van der Waals surface area contributed by atoms with E-state index in [4.69, 9.17) is 14.0 Å². The molecule has 4 rings (SSSR count). The van der Waals surface area contributed by atoms with Crippen molar-refractivity contribution < 1.29 is 18.8 Å². The van der Waals surface area contributed by atoms with Gasteiger partial charge in [0.2, 0.25) is 11.5 Å². The average molecular weight is 382 g/mol. The number of methoxy groups -OCH3 is 1. The number of ether oxygens (including phenoxy) is 2. The predicted octanol–water partition coefficient (Wildman–Crippen LogP) is 3.35. The predicted molar refractivity (Wildman–Crippen MR) is 96.8 cm³/mol. The van der Waals surface area contributed by atoms with Crippen molar-refractivity contribution in [3.05, 3.63) is 64.9 Å². The van der Waals surface area contributed by atoms with Crippen molar-refractivity contribution in [2.45, 2.75) is 6.61 Å². The molecule has 0 unspecified atom stereocenters. The number of hydrogen-bond donors (Lipinski definition) is 0. The van der Waals surface area contributed by atoms with Gasteiger partial charge < -0.3 is 14.0 Å². The number of rotatable bonds is 6. The van der Waals surface area contributed by atoms with E-state index in [2.05, 4.69) is 15.2 Å². The lowest BCUT2D eigenvalue weighted by Crippen LogP contribution is -2.08. The molecule has 3 aromatic heterocycles. The van der Waals surface area contributed by atoms with Crippen LogP contribution in [0.3, 0.4) is 0 Å². The molecule has 0 aliphatic rings. The molecule has 0 saturated carbocycles. The Balaban J connectivity index is 1.48. The second-order valence-electron chi connectivity index (χ2n) is 5.43. The SMILES string of the molecule is COc1cn(-c2ccccc2)nc1C(=O)OCc1nc(-c2ccsc2)no1. The average Bonchev–Trinajstić information content (AvgIpc) is 3.46. The van der Waals surface area contributed by atoms with Crippen LogP contribution in [0.2, 0.25) is 0 Å². The van der Waals surface area contributed by atoms with E-state index in [-0.39, 0.29) is 18.2 Å². The second kappa shape index (κ2) is 7.42. The maximum absolute atomic E-state index is 12.4. The van der Waals surface area contributed by atoms with Crippen LogP contribution in [0.25, 0.3) is 17.1 Å². The summed E-state index contributed by atoms with van der Waals surface area (Å²) in [5, 5.41) is 12.0. The zero-order valence-corrected chi connectivity index (χ0v) is 15.0. The van der Waals surface area contributed by atoms with E-state index >= 15 is 0 Å². The molecule has 0 aliphatic carbocycles. The molecular weight excluding hydrogens is 368 g/mol. The van der Waals surface area contributed by atoms with Gasteiger partial charge in [-0.15, -0.1) is 0 Å². The summed E-state index contributed by atoms with van der Waals surface area (Å²) in [6, 6.07) is 11.3. The number of esters is 1. The van der Waals surface area contributed by atoms with Crippen LogP contribution in [0.5, 0.6) is 5.75 Å². The Morgan fingerprint density at radius 2 is 2.11 bits per heavy atom. The topological polar surface area (TPSA) is 92.3 Å². The van der Waals surface area contributed by atoms with Gasteiger partial charge in [0.25, 0.3) is 5.89 Å². The molecule has 9 heteroatoms. The fraction of sp³-hybridized carbons (Fsp3) is 0.111. The number of aromatic nitrogens is 4. The van der Waals surface area contributed by atoms with Gasteiger partial charge in [-0.05, 0) is 23.6 Å².